The van der Waals surface area contributed by atoms with Crippen LogP contribution in [0.1, 0.15) is 31.6 Å². The third-order valence-electron chi connectivity index (χ3n) is 5.23. The number of hydrogen-bond donors (Lipinski definition) is 0. The first-order valence-electron chi connectivity index (χ1n) is 10.3. The molecule has 0 aliphatic carbocycles. The summed E-state index contributed by atoms with van der Waals surface area (Å²) in [7, 11) is 0. The quantitative estimate of drug-likeness (QED) is 0.436. The largest absolute Gasteiger partial charge is 0.467 e. The van der Waals surface area contributed by atoms with Crippen molar-refractivity contribution >= 4 is 17.7 Å². The molecule has 3 aromatic rings. The van der Waals surface area contributed by atoms with E-state index in [0.29, 0.717) is 24.1 Å². The number of furan rings is 1. The third-order valence-corrected chi connectivity index (χ3v) is 6.27. The van der Waals surface area contributed by atoms with Gasteiger partial charge in [-0.2, -0.15) is 8.78 Å². The molecule has 0 radical (unpaired) electrons. The molecule has 166 valence electrons. The predicted octanol–water partition coefficient (Wildman–Crippen LogP) is 5.30. The topological polar surface area (TPSA) is 56.3 Å². The number of hydrogen-bond acceptors (Lipinski definition) is 6. The molecule has 2 atom stereocenters. The van der Waals surface area contributed by atoms with Crippen LogP contribution in [-0.4, -0.2) is 34.5 Å². The molecule has 2 aromatic heterocycles. The zero-order chi connectivity index (χ0) is 21.8. The molecule has 4 rings (SSSR count). The maximum absolute atomic E-state index is 12.5. The zero-order valence-electron chi connectivity index (χ0n) is 17.6. The smallest absolute Gasteiger partial charge is 0.387 e. The number of rotatable bonds is 8. The molecule has 1 saturated heterocycles. The van der Waals surface area contributed by atoms with Gasteiger partial charge >= 0.3 is 6.61 Å². The fourth-order valence-electron chi connectivity index (χ4n) is 4.10. The van der Waals surface area contributed by atoms with Gasteiger partial charge in [-0.1, -0.05) is 37.7 Å². The monoisotopic (exact) mass is 448 g/mol. The average Bonchev–Trinajstić information content (AvgIpc) is 3.36. The molecule has 1 aromatic carbocycles. The number of benzene rings is 1. The Morgan fingerprint density at radius 2 is 1.97 bits per heavy atom. The van der Waals surface area contributed by atoms with Crippen LogP contribution in [-0.2, 0) is 12.3 Å². The van der Waals surface area contributed by atoms with Crippen molar-refractivity contribution in [2.24, 2.45) is 11.8 Å². The fraction of sp³-hybridized carbons (Fsp3) is 0.455. The van der Waals surface area contributed by atoms with E-state index in [4.69, 9.17) is 4.42 Å². The highest BCUT2D eigenvalue weighted by Crippen LogP contribution is 2.30. The van der Waals surface area contributed by atoms with Crippen LogP contribution in [0.2, 0.25) is 0 Å². The minimum absolute atomic E-state index is 0.155. The summed E-state index contributed by atoms with van der Waals surface area (Å²) in [5.41, 5.74) is 0.873. The summed E-state index contributed by atoms with van der Waals surface area (Å²) in [4.78, 5) is 2.30. The molecule has 0 spiro atoms. The number of piperidine rings is 1. The number of nitrogens with zero attached hydrogens (tertiary/aromatic N) is 4. The Morgan fingerprint density at radius 3 is 2.68 bits per heavy atom. The van der Waals surface area contributed by atoms with Gasteiger partial charge in [0, 0.05) is 18.8 Å². The number of thioether (sulfide) groups is 1. The van der Waals surface area contributed by atoms with Crippen LogP contribution < -0.4 is 9.64 Å². The summed E-state index contributed by atoms with van der Waals surface area (Å²) >= 11 is 1.51. The van der Waals surface area contributed by atoms with E-state index < -0.39 is 6.61 Å². The van der Waals surface area contributed by atoms with Gasteiger partial charge < -0.3 is 14.1 Å². The van der Waals surface area contributed by atoms with Crippen molar-refractivity contribution in [2.75, 3.05) is 18.0 Å². The number of anilines is 1. The van der Waals surface area contributed by atoms with Crippen molar-refractivity contribution in [3.8, 4) is 5.75 Å². The summed E-state index contributed by atoms with van der Waals surface area (Å²) in [5, 5.41) is 9.72. The number of halogens is 2. The van der Waals surface area contributed by atoms with Gasteiger partial charge in [0.15, 0.2) is 5.16 Å². The maximum Gasteiger partial charge on any atom is 0.387 e. The average molecular weight is 449 g/mol. The first-order chi connectivity index (χ1) is 15.0. The Labute approximate surface area is 184 Å². The van der Waals surface area contributed by atoms with E-state index in [1.54, 1.807) is 18.4 Å². The predicted molar refractivity (Wildman–Crippen MR) is 116 cm³/mol. The molecule has 3 heterocycles. The molecule has 1 aliphatic heterocycles. The van der Waals surface area contributed by atoms with Crippen molar-refractivity contribution in [1.29, 1.82) is 0 Å². The Morgan fingerprint density at radius 1 is 1.16 bits per heavy atom. The number of alkyl halides is 2. The van der Waals surface area contributed by atoms with Gasteiger partial charge in [-0.3, -0.25) is 4.57 Å². The van der Waals surface area contributed by atoms with Crippen LogP contribution >= 0.6 is 11.8 Å². The van der Waals surface area contributed by atoms with Crippen molar-refractivity contribution in [3.05, 3.63) is 54.0 Å². The molecule has 1 aliphatic rings. The highest BCUT2D eigenvalue weighted by atomic mass is 32.2. The van der Waals surface area contributed by atoms with Gasteiger partial charge in [-0.05, 0) is 48.1 Å². The lowest BCUT2D eigenvalue weighted by atomic mass is 9.92. The Hall–Kier alpha value is -2.55. The van der Waals surface area contributed by atoms with Gasteiger partial charge in [-0.25, -0.2) is 0 Å². The lowest BCUT2D eigenvalue weighted by molar-refractivity contribution is -0.0498. The van der Waals surface area contributed by atoms with Crippen LogP contribution in [0, 0.1) is 11.8 Å². The van der Waals surface area contributed by atoms with E-state index in [1.165, 1.54) is 24.2 Å². The van der Waals surface area contributed by atoms with Gasteiger partial charge in [0.1, 0.15) is 11.5 Å². The van der Waals surface area contributed by atoms with Crippen molar-refractivity contribution in [2.45, 2.75) is 44.3 Å². The Bertz CT molecular complexity index is 970. The second kappa shape index (κ2) is 9.72. The highest BCUT2D eigenvalue weighted by molar-refractivity contribution is 7.98. The summed E-state index contributed by atoms with van der Waals surface area (Å²) < 4.78 is 37.2. The minimum Gasteiger partial charge on any atom is -0.467 e. The van der Waals surface area contributed by atoms with Gasteiger partial charge in [-0.15, -0.1) is 10.2 Å². The van der Waals surface area contributed by atoms with E-state index in [0.717, 1.165) is 35.5 Å². The molecule has 0 amide bonds. The summed E-state index contributed by atoms with van der Waals surface area (Å²) in [6, 6.07) is 10.5. The lowest BCUT2D eigenvalue weighted by Crippen LogP contribution is -2.40. The Balaban J connectivity index is 1.55. The molecule has 1 fully saturated rings. The van der Waals surface area contributed by atoms with Crippen LogP contribution in [0.25, 0.3) is 0 Å². The van der Waals surface area contributed by atoms with E-state index >= 15 is 0 Å². The first-order valence-corrected chi connectivity index (χ1v) is 11.3. The first kappa shape index (κ1) is 21.7. The molecular weight excluding hydrogens is 422 g/mol. The molecule has 2 unspecified atom stereocenters. The molecule has 9 heteroatoms. The van der Waals surface area contributed by atoms with Crippen molar-refractivity contribution in [1.82, 2.24) is 14.8 Å². The van der Waals surface area contributed by atoms with Crippen molar-refractivity contribution < 1.29 is 17.9 Å². The van der Waals surface area contributed by atoms with Gasteiger partial charge in [0.05, 0.1) is 12.8 Å². The number of ether oxygens (including phenoxy) is 1. The van der Waals surface area contributed by atoms with E-state index in [9.17, 15) is 8.78 Å². The lowest BCUT2D eigenvalue weighted by Gasteiger charge is -2.35. The highest BCUT2D eigenvalue weighted by Gasteiger charge is 2.27. The molecule has 0 bridgehead atoms. The molecule has 0 saturated carbocycles. The normalized spacial score (nSPS) is 19.2. The van der Waals surface area contributed by atoms with E-state index in [1.807, 2.05) is 18.2 Å². The SMILES string of the molecule is CC1CC(C)CN(c2nnc(SCc3cccc(OC(F)F)c3)n2Cc2ccco2)C1. The fourth-order valence-corrected chi connectivity index (χ4v) is 4.98. The summed E-state index contributed by atoms with van der Waals surface area (Å²) in [6.45, 7) is 4.11. The van der Waals surface area contributed by atoms with E-state index in [2.05, 4.69) is 38.2 Å². The van der Waals surface area contributed by atoms with E-state index in [-0.39, 0.29) is 5.75 Å². The zero-order valence-corrected chi connectivity index (χ0v) is 18.4. The number of aromatic nitrogens is 3. The summed E-state index contributed by atoms with van der Waals surface area (Å²) in [5.74, 6) is 3.56. The second-order valence-electron chi connectivity index (χ2n) is 8.11. The third kappa shape index (κ3) is 5.58. The van der Waals surface area contributed by atoms with Crippen LogP contribution in [0.4, 0.5) is 14.7 Å². The standard InChI is InChI=1S/C22H26F2N4O2S/c1-15-9-16(2)12-27(11-15)21-25-26-22(28(21)13-19-7-4-8-29-19)31-14-17-5-3-6-18(10-17)30-20(23)24/h3-8,10,15-16,20H,9,11-14H2,1-2H3. The van der Waals surface area contributed by atoms with Crippen LogP contribution in [0.3, 0.4) is 0 Å². The Kier molecular flexibility index (Phi) is 6.80. The van der Waals surface area contributed by atoms with Crippen LogP contribution in [0.5, 0.6) is 5.75 Å². The molecular formula is C22H26F2N4O2S. The molecule has 31 heavy (non-hydrogen) atoms. The van der Waals surface area contributed by atoms with Gasteiger partial charge in [0.2, 0.25) is 5.95 Å². The summed E-state index contributed by atoms with van der Waals surface area (Å²) in [6.07, 6.45) is 2.87. The van der Waals surface area contributed by atoms with Crippen molar-refractivity contribution in [3.63, 3.8) is 0 Å². The molecule has 0 N–H and O–H groups in total. The second-order valence-corrected chi connectivity index (χ2v) is 9.06. The van der Waals surface area contributed by atoms with Gasteiger partial charge in [0.25, 0.3) is 0 Å². The van der Waals surface area contributed by atoms with Crippen LogP contribution in [0.15, 0.2) is 52.2 Å². The maximum atomic E-state index is 12.5. The molecule has 6 nitrogen and oxygen atoms in total. The minimum atomic E-state index is -2.84.